The summed E-state index contributed by atoms with van der Waals surface area (Å²) in [6, 6.07) is 7.91. The molecule has 0 aliphatic carbocycles. The van der Waals surface area contributed by atoms with Gasteiger partial charge in [-0.05, 0) is 49.8 Å². The van der Waals surface area contributed by atoms with Crippen molar-refractivity contribution in [3.05, 3.63) is 29.8 Å². The summed E-state index contributed by atoms with van der Waals surface area (Å²) in [5, 5.41) is 14.8. The van der Waals surface area contributed by atoms with Gasteiger partial charge in [-0.2, -0.15) is 13.2 Å². The van der Waals surface area contributed by atoms with Crippen LogP contribution in [0.3, 0.4) is 0 Å². The molecule has 2 aliphatic rings. The second-order valence-electron chi connectivity index (χ2n) is 7.77. The van der Waals surface area contributed by atoms with Crippen molar-refractivity contribution in [3.63, 3.8) is 0 Å². The Labute approximate surface area is 178 Å². The number of nitrogens with zero attached hydrogens (tertiary/aromatic N) is 2. The fourth-order valence-electron chi connectivity index (χ4n) is 3.93. The number of alkyl halides is 3. The number of carbonyl (C=O) groups excluding carboxylic acids is 1. The Bertz CT molecular complexity index is 773. The molecule has 1 atom stereocenters. The zero-order chi connectivity index (χ0) is 23.0. The fraction of sp³-hybridized carbons (Fsp3) is 0.571. The second kappa shape index (κ2) is 11.1. The van der Waals surface area contributed by atoms with Gasteiger partial charge in [0.25, 0.3) is 0 Å². The summed E-state index contributed by atoms with van der Waals surface area (Å²) in [7, 11) is 0. The minimum absolute atomic E-state index is 0.171. The number of aliphatic carboxylic acids is 2. The van der Waals surface area contributed by atoms with Crippen molar-refractivity contribution in [1.82, 2.24) is 4.90 Å². The van der Waals surface area contributed by atoms with Gasteiger partial charge in [-0.1, -0.05) is 18.2 Å². The summed E-state index contributed by atoms with van der Waals surface area (Å²) < 4.78 is 37.6. The van der Waals surface area contributed by atoms with Crippen molar-refractivity contribution >= 4 is 23.5 Å². The Kier molecular flexibility index (Phi) is 8.85. The summed E-state index contributed by atoms with van der Waals surface area (Å²) in [6.45, 7) is 2.75. The molecule has 31 heavy (non-hydrogen) atoms. The molecule has 2 heterocycles. The molecule has 3 rings (SSSR count). The summed E-state index contributed by atoms with van der Waals surface area (Å²) in [5.41, 5.74) is 2.08. The molecule has 2 aliphatic heterocycles. The molecule has 10 heteroatoms. The number of amides is 1. The van der Waals surface area contributed by atoms with E-state index in [1.54, 1.807) is 0 Å². The first kappa shape index (κ1) is 24.6. The lowest BCUT2D eigenvalue weighted by atomic mass is 10.0. The average Bonchev–Trinajstić information content (AvgIpc) is 3.13. The van der Waals surface area contributed by atoms with Crippen LogP contribution >= 0.6 is 0 Å². The molecule has 0 spiro atoms. The number of carboxylic acid groups (broad SMARTS) is 2. The van der Waals surface area contributed by atoms with E-state index < -0.39 is 24.5 Å². The van der Waals surface area contributed by atoms with Crippen LogP contribution in [0.25, 0.3) is 0 Å². The van der Waals surface area contributed by atoms with Gasteiger partial charge >= 0.3 is 18.1 Å². The second-order valence-corrected chi connectivity index (χ2v) is 7.77. The van der Waals surface area contributed by atoms with Crippen molar-refractivity contribution in [2.45, 2.75) is 44.7 Å². The van der Waals surface area contributed by atoms with Crippen molar-refractivity contribution < 1.29 is 37.8 Å². The highest BCUT2D eigenvalue weighted by Crippen LogP contribution is 2.31. The quantitative estimate of drug-likeness (QED) is 0.677. The van der Waals surface area contributed by atoms with Gasteiger partial charge in [-0.15, -0.1) is 0 Å². The SMILES string of the molecule is O=C(O)C(=O)O.O=C1CCCCN1c1ccccc1CCN1CC[C@H](CC(F)(F)F)C1. The smallest absolute Gasteiger partial charge is 0.414 e. The molecule has 1 aromatic carbocycles. The summed E-state index contributed by atoms with van der Waals surface area (Å²) in [6.07, 6.45) is -0.800. The Morgan fingerprint density at radius 2 is 1.74 bits per heavy atom. The molecular weight excluding hydrogens is 417 g/mol. The van der Waals surface area contributed by atoms with Gasteiger partial charge in [-0.25, -0.2) is 9.59 Å². The van der Waals surface area contributed by atoms with E-state index in [0.717, 1.165) is 50.1 Å². The maximum atomic E-state index is 12.5. The minimum atomic E-state index is -4.07. The minimum Gasteiger partial charge on any atom is -0.473 e. The third-order valence-corrected chi connectivity index (χ3v) is 5.38. The molecule has 2 N–H and O–H groups in total. The summed E-state index contributed by atoms with van der Waals surface area (Å²) in [5.74, 6) is -3.76. The first-order chi connectivity index (χ1) is 14.6. The lowest BCUT2D eigenvalue weighted by Crippen LogP contribution is -2.36. The molecular formula is C21H27F3N2O5. The lowest BCUT2D eigenvalue weighted by Gasteiger charge is -2.29. The molecule has 0 aromatic heterocycles. The first-order valence-corrected chi connectivity index (χ1v) is 10.2. The summed E-state index contributed by atoms with van der Waals surface area (Å²) >= 11 is 0. The van der Waals surface area contributed by atoms with Crippen molar-refractivity contribution in [2.75, 3.05) is 31.1 Å². The van der Waals surface area contributed by atoms with Gasteiger partial charge in [0.15, 0.2) is 0 Å². The number of halogens is 3. The topological polar surface area (TPSA) is 98.1 Å². The molecule has 1 aromatic rings. The predicted molar refractivity (Wildman–Crippen MR) is 107 cm³/mol. The number of anilines is 1. The number of likely N-dealkylation sites (tertiary alicyclic amines) is 1. The van der Waals surface area contributed by atoms with E-state index in [2.05, 4.69) is 4.90 Å². The summed E-state index contributed by atoms with van der Waals surface area (Å²) in [4.78, 5) is 34.4. The van der Waals surface area contributed by atoms with Crippen LogP contribution in [0.5, 0.6) is 0 Å². The van der Waals surface area contributed by atoms with Gasteiger partial charge in [0.05, 0.1) is 0 Å². The lowest BCUT2D eigenvalue weighted by molar-refractivity contribution is -0.159. The number of para-hydroxylation sites is 1. The van der Waals surface area contributed by atoms with Crippen LogP contribution in [0.4, 0.5) is 18.9 Å². The van der Waals surface area contributed by atoms with E-state index in [1.165, 1.54) is 0 Å². The molecule has 1 amide bonds. The average molecular weight is 444 g/mol. The van der Waals surface area contributed by atoms with E-state index in [-0.39, 0.29) is 11.8 Å². The zero-order valence-electron chi connectivity index (χ0n) is 17.1. The number of carboxylic acids is 2. The number of rotatable bonds is 5. The van der Waals surface area contributed by atoms with Crippen LogP contribution in [0, 0.1) is 5.92 Å². The van der Waals surface area contributed by atoms with E-state index >= 15 is 0 Å². The highest BCUT2D eigenvalue weighted by atomic mass is 19.4. The number of hydrogen-bond acceptors (Lipinski definition) is 4. The Morgan fingerprint density at radius 1 is 1.06 bits per heavy atom. The Hall–Kier alpha value is -2.62. The molecule has 0 saturated carbocycles. The molecule has 2 saturated heterocycles. The largest absolute Gasteiger partial charge is 0.473 e. The van der Waals surface area contributed by atoms with Gasteiger partial charge in [0.2, 0.25) is 5.91 Å². The maximum absolute atomic E-state index is 12.5. The molecule has 0 radical (unpaired) electrons. The Morgan fingerprint density at radius 3 is 2.35 bits per heavy atom. The third-order valence-electron chi connectivity index (χ3n) is 5.38. The fourth-order valence-corrected chi connectivity index (χ4v) is 3.93. The standard InChI is InChI=1S/C19H25F3N2O.C2H2O4/c20-19(21,22)13-15-8-11-23(14-15)12-9-16-5-1-2-6-17(16)24-10-4-3-7-18(24)25;3-1(4)2(5)6/h1-2,5-6,15H,3-4,7-14H2;(H,3,4)(H,5,6)/t15-;/m1./s1. The van der Waals surface area contributed by atoms with E-state index in [4.69, 9.17) is 19.8 Å². The Balaban J connectivity index is 0.000000501. The van der Waals surface area contributed by atoms with Gasteiger partial charge in [0.1, 0.15) is 0 Å². The van der Waals surface area contributed by atoms with E-state index in [9.17, 15) is 18.0 Å². The van der Waals surface area contributed by atoms with Crippen LogP contribution < -0.4 is 4.90 Å². The molecule has 0 bridgehead atoms. The third kappa shape index (κ3) is 8.20. The molecule has 172 valence electrons. The van der Waals surface area contributed by atoms with Crippen LogP contribution in [-0.4, -0.2) is 65.3 Å². The van der Waals surface area contributed by atoms with E-state index in [0.29, 0.717) is 19.4 Å². The number of piperidine rings is 1. The highest BCUT2D eigenvalue weighted by molar-refractivity contribution is 6.27. The van der Waals surface area contributed by atoms with Gasteiger partial charge in [0, 0.05) is 38.2 Å². The molecule has 7 nitrogen and oxygen atoms in total. The number of carbonyl (C=O) groups is 3. The maximum Gasteiger partial charge on any atom is 0.414 e. The van der Waals surface area contributed by atoms with Crippen molar-refractivity contribution in [3.8, 4) is 0 Å². The number of hydrogen-bond donors (Lipinski definition) is 2. The van der Waals surface area contributed by atoms with Crippen LogP contribution in [-0.2, 0) is 20.8 Å². The van der Waals surface area contributed by atoms with E-state index in [1.807, 2.05) is 29.2 Å². The predicted octanol–water partition coefficient (Wildman–Crippen LogP) is 3.18. The highest BCUT2D eigenvalue weighted by Gasteiger charge is 2.35. The number of benzene rings is 1. The van der Waals surface area contributed by atoms with Crippen molar-refractivity contribution in [1.29, 1.82) is 0 Å². The normalized spacial score (nSPS) is 19.6. The first-order valence-electron chi connectivity index (χ1n) is 10.2. The van der Waals surface area contributed by atoms with Gasteiger partial charge in [-0.3, -0.25) is 4.79 Å². The van der Waals surface area contributed by atoms with Crippen LogP contribution in [0.15, 0.2) is 24.3 Å². The van der Waals surface area contributed by atoms with Crippen LogP contribution in [0.1, 0.15) is 37.7 Å². The molecule has 2 fully saturated rings. The van der Waals surface area contributed by atoms with Crippen molar-refractivity contribution in [2.24, 2.45) is 5.92 Å². The monoisotopic (exact) mass is 444 g/mol. The molecule has 0 unspecified atom stereocenters. The van der Waals surface area contributed by atoms with Gasteiger partial charge < -0.3 is 20.0 Å². The zero-order valence-corrected chi connectivity index (χ0v) is 17.1. The van der Waals surface area contributed by atoms with Crippen LogP contribution in [0.2, 0.25) is 0 Å².